The van der Waals surface area contributed by atoms with E-state index in [9.17, 15) is 9.90 Å². The predicted molar refractivity (Wildman–Crippen MR) is 74.6 cm³/mol. The first-order chi connectivity index (χ1) is 9.02. The zero-order valence-corrected chi connectivity index (χ0v) is 12.1. The first-order valence-corrected chi connectivity index (χ1v) is 7.36. The highest BCUT2D eigenvalue weighted by atomic mass is 16.3. The normalized spacial score (nSPS) is 35.3. The molecule has 2 rings (SSSR count). The Hall–Kier alpha value is -0.650. The van der Waals surface area contributed by atoms with Crippen LogP contribution in [0.25, 0.3) is 0 Å². The summed E-state index contributed by atoms with van der Waals surface area (Å²) in [5.74, 6) is 0.640. The minimum absolute atomic E-state index is 0.0833. The summed E-state index contributed by atoms with van der Waals surface area (Å²) in [5.41, 5.74) is 5.78. The Labute approximate surface area is 115 Å². The fourth-order valence-corrected chi connectivity index (χ4v) is 3.61. The van der Waals surface area contributed by atoms with Crippen LogP contribution in [0.3, 0.4) is 0 Å². The van der Waals surface area contributed by atoms with Crippen LogP contribution >= 0.6 is 0 Å². The van der Waals surface area contributed by atoms with Crippen molar-refractivity contribution in [3.63, 3.8) is 0 Å². The van der Waals surface area contributed by atoms with Gasteiger partial charge in [0.15, 0.2) is 0 Å². The van der Waals surface area contributed by atoms with Crippen molar-refractivity contribution in [2.75, 3.05) is 33.7 Å². The summed E-state index contributed by atoms with van der Waals surface area (Å²) in [6.45, 7) is 1.92. The molecule has 1 heterocycles. The highest BCUT2D eigenvalue weighted by molar-refractivity contribution is 5.80. The molecule has 1 saturated carbocycles. The number of hydrogen-bond donors (Lipinski definition) is 2. The maximum Gasteiger partial charge on any atom is 0.226 e. The van der Waals surface area contributed by atoms with E-state index in [1.807, 2.05) is 19.0 Å². The molecule has 0 aromatic carbocycles. The number of nitrogens with two attached hydrogens (primary N) is 1. The van der Waals surface area contributed by atoms with Crippen LogP contribution in [0.1, 0.15) is 25.7 Å². The van der Waals surface area contributed by atoms with Gasteiger partial charge in [-0.2, -0.15) is 0 Å². The average Bonchev–Trinajstić information content (AvgIpc) is 2.93. The Balaban J connectivity index is 2.03. The molecule has 19 heavy (non-hydrogen) atoms. The monoisotopic (exact) mass is 269 g/mol. The number of amides is 1. The standard InChI is InChI=1S/C14H27N3O2/c1-16(2)8-11-6-12(18)9-17(11)14(19)13-5-3-4-10(13)7-15/h10-13,18H,3-9,15H2,1-2H3. The molecule has 4 unspecified atom stereocenters. The summed E-state index contributed by atoms with van der Waals surface area (Å²) in [4.78, 5) is 16.7. The first kappa shape index (κ1) is 14.8. The number of aliphatic hydroxyl groups is 1. The van der Waals surface area contributed by atoms with Crippen LogP contribution in [0, 0.1) is 11.8 Å². The Kier molecular flexibility index (Phi) is 4.81. The molecular weight excluding hydrogens is 242 g/mol. The lowest BCUT2D eigenvalue weighted by Gasteiger charge is -2.30. The molecule has 0 radical (unpaired) electrons. The van der Waals surface area contributed by atoms with Gasteiger partial charge in [-0.25, -0.2) is 0 Å². The molecule has 3 N–H and O–H groups in total. The molecule has 5 nitrogen and oxygen atoms in total. The second-order valence-electron chi connectivity index (χ2n) is 6.33. The average molecular weight is 269 g/mol. The second-order valence-corrected chi connectivity index (χ2v) is 6.33. The lowest BCUT2D eigenvalue weighted by molar-refractivity contribution is -0.138. The van der Waals surface area contributed by atoms with Gasteiger partial charge in [0.05, 0.1) is 6.10 Å². The van der Waals surface area contributed by atoms with Gasteiger partial charge in [-0.1, -0.05) is 6.42 Å². The van der Waals surface area contributed by atoms with Crippen LogP contribution in [0.5, 0.6) is 0 Å². The predicted octanol–water partition coefficient (Wildman–Crippen LogP) is -0.115. The van der Waals surface area contributed by atoms with E-state index in [1.54, 1.807) is 0 Å². The number of likely N-dealkylation sites (tertiary alicyclic amines) is 1. The highest BCUT2D eigenvalue weighted by Crippen LogP contribution is 2.34. The smallest absolute Gasteiger partial charge is 0.226 e. The molecule has 1 aliphatic carbocycles. The molecule has 1 saturated heterocycles. The maximum atomic E-state index is 12.7. The molecule has 0 spiro atoms. The fourth-order valence-electron chi connectivity index (χ4n) is 3.61. The van der Waals surface area contributed by atoms with E-state index >= 15 is 0 Å². The SMILES string of the molecule is CN(C)CC1CC(O)CN1C(=O)C1CCCC1CN. The van der Waals surface area contributed by atoms with Gasteiger partial charge in [0.2, 0.25) is 5.91 Å². The van der Waals surface area contributed by atoms with Crippen LogP contribution in [-0.4, -0.2) is 66.7 Å². The summed E-state index contributed by atoms with van der Waals surface area (Å²) in [7, 11) is 4.01. The van der Waals surface area contributed by atoms with Crippen LogP contribution in [0.2, 0.25) is 0 Å². The highest BCUT2D eigenvalue weighted by Gasteiger charge is 2.41. The molecule has 1 amide bonds. The summed E-state index contributed by atoms with van der Waals surface area (Å²) >= 11 is 0. The van der Waals surface area contributed by atoms with Crippen LogP contribution in [0.4, 0.5) is 0 Å². The number of likely N-dealkylation sites (N-methyl/N-ethyl adjacent to an activating group) is 1. The van der Waals surface area contributed by atoms with E-state index in [4.69, 9.17) is 5.73 Å². The van der Waals surface area contributed by atoms with Gasteiger partial charge in [-0.3, -0.25) is 4.79 Å². The van der Waals surface area contributed by atoms with Crippen molar-refractivity contribution in [3.05, 3.63) is 0 Å². The molecule has 5 heteroatoms. The number of β-amino-alcohol motifs (C(OH)–C–C–N with tert-alkyl or cyclic N) is 1. The van der Waals surface area contributed by atoms with Crippen molar-refractivity contribution in [1.82, 2.24) is 9.80 Å². The number of rotatable bonds is 4. The summed E-state index contributed by atoms with van der Waals surface area (Å²) in [6.07, 6.45) is 3.47. The van der Waals surface area contributed by atoms with Gasteiger partial charge in [0.1, 0.15) is 0 Å². The van der Waals surface area contributed by atoms with Crippen molar-refractivity contribution in [3.8, 4) is 0 Å². The molecule has 0 bridgehead atoms. The van der Waals surface area contributed by atoms with E-state index in [0.29, 0.717) is 25.4 Å². The molecule has 4 atom stereocenters. The van der Waals surface area contributed by atoms with E-state index in [-0.39, 0.29) is 24.0 Å². The van der Waals surface area contributed by atoms with Crippen molar-refractivity contribution in [1.29, 1.82) is 0 Å². The van der Waals surface area contributed by atoms with Gasteiger partial charge in [-0.05, 0) is 45.8 Å². The third-order valence-electron chi connectivity index (χ3n) is 4.53. The lowest BCUT2D eigenvalue weighted by Crippen LogP contribution is -2.45. The maximum absolute atomic E-state index is 12.7. The number of carbonyl (C=O) groups is 1. The molecule has 110 valence electrons. The Bertz CT molecular complexity index is 322. The topological polar surface area (TPSA) is 69.8 Å². The zero-order chi connectivity index (χ0) is 14.0. The van der Waals surface area contributed by atoms with E-state index in [1.165, 1.54) is 0 Å². The number of nitrogens with zero attached hydrogens (tertiary/aromatic N) is 2. The van der Waals surface area contributed by atoms with Gasteiger partial charge in [0.25, 0.3) is 0 Å². The van der Waals surface area contributed by atoms with Crippen molar-refractivity contribution < 1.29 is 9.90 Å². The summed E-state index contributed by atoms with van der Waals surface area (Å²) in [5, 5.41) is 9.86. The van der Waals surface area contributed by atoms with Gasteiger partial charge in [0, 0.05) is 25.0 Å². The van der Waals surface area contributed by atoms with Crippen LogP contribution in [-0.2, 0) is 4.79 Å². The largest absolute Gasteiger partial charge is 0.391 e. The minimum Gasteiger partial charge on any atom is -0.391 e. The van der Waals surface area contributed by atoms with Gasteiger partial charge in [-0.15, -0.1) is 0 Å². The second kappa shape index (κ2) is 6.20. The molecule has 2 fully saturated rings. The van der Waals surface area contributed by atoms with E-state index in [2.05, 4.69) is 4.90 Å². The van der Waals surface area contributed by atoms with Crippen molar-refractivity contribution in [2.45, 2.75) is 37.8 Å². The third kappa shape index (κ3) is 3.27. The molecule has 0 aromatic heterocycles. The molecular formula is C14H27N3O2. The van der Waals surface area contributed by atoms with Crippen molar-refractivity contribution >= 4 is 5.91 Å². The zero-order valence-electron chi connectivity index (χ0n) is 12.1. The first-order valence-electron chi connectivity index (χ1n) is 7.36. The van der Waals surface area contributed by atoms with Gasteiger partial charge >= 0.3 is 0 Å². The third-order valence-corrected chi connectivity index (χ3v) is 4.53. The number of hydrogen-bond acceptors (Lipinski definition) is 4. The quantitative estimate of drug-likeness (QED) is 0.747. The van der Waals surface area contributed by atoms with Gasteiger partial charge < -0.3 is 20.6 Å². The summed E-state index contributed by atoms with van der Waals surface area (Å²) < 4.78 is 0. The molecule has 2 aliphatic rings. The van der Waals surface area contributed by atoms with Crippen molar-refractivity contribution in [2.24, 2.45) is 17.6 Å². The van der Waals surface area contributed by atoms with E-state index < -0.39 is 0 Å². The number of carbonyl (C=O) groups excluding carboxylic acids is 1. The molecule has 1 aliphatic heterocycles. The lowest BCUT2D eigenvalue weighted by atomic mass is 9.94. The Morgan fingerprint density at radius 2 is 2.16 bits per heavy atom. The summed E-state index contributed by atoms with van der Waals surface area (Å²) in [6, 6.07) is 0.150. The van der Waals surface area contributed by atoms with E-state index in [0.717, 1.165) is 25.8 Å². The minimum atomic E-state index is -0.369. The van der Waals surface area contributed by atoms with Crippen LogP contribution in [0.15, 0.2) is 0 Å². The number of aliphatic hydroxyl groups excluding tert-OH is 1. The Morgan fingerprint density at radius 3 is 2.79 bits per heavy atom. The Morgan fingerprint density at radius 1 is 1.42 bits per heavy atom. The fraction of sp³-hybridized carbons (Fsp3) is 0.929. The molecule has 0 aromatic rings. The van der Waals surface area contributed by atoms with Crippen LogP contribution < -0.4 is 5.73 Å².